The van der Waals surface area contributed by atoms with Gasteiger partial charge >= 0.3 is 0 Å². The second-order valence-corrected chi connectivity index (χ2v) is 16.3. The third kappa shape index (κ3) is 6.16. The van der Waals surface area contributed by atoms with Crippen LogP contribution in [0.1, 0.15) is 53.9 Å². The van der Waals surface area contributed by atoms with Crippen molar-refractivity contribution in [2.45, 2.75) is 71.3 Å². The zero-order valence-electron chi connectivity index (χ0n) is 24.1. The molecule has 1 heterocycles. The smallest absolute Gasteiger partial charge is 0.261 e. The van der Waals surface area contributed by atoms with Gasteiger partial charge in [0.1, 0.15) is 6.79 Å². The first-order chi connectivity index (χ1) is 18.2. The molecule has 1 aliphatic carbocycles. The Morgan fingerprint density at radius 1 is 0.947 bits per heavy atom. The van der Waals surface area contributed by atoms with Crippen LogP contribution in [0.5, 0.6) is 0 Å². The van der Waals surface area contributed by atoms with E-state index in [4.69, 9.17) is 23.4 Å². The van der Waals surface area contributed by atoms with Gasteiger partial charge in [0.25, 0.3) is 8.32 Å². The van der Waals surface area contributed by atoms with Crippen molar-refractivity contribution >= 4 is 18.7 Å². The third-order valence-corrected chi connectivity index (χ3v) is 13.6. The predicted octanol–water partition coefficient (Wildman–Crippen LogP) is 5.68. The maximum atomic E-state index is 7.40. The lowest BCUT2D eigenvalue weighted by Crippen LogP contribution is -2.66. The van der Waals surface area contributed by atoms with Crippen LogP contribution >= 0.6 is 0 Å². The van der Waals surface area contributed by atoms with E-state index < -0.39 is 8.32 Å². The highest BCUT2D eigenvalue weighted by Crippen LogP contribution is 2.48. The van der Waals surface area contributed by atoms with Gasteiger partial charge in [-0.15, -0.1) is 0 Å². The Labute approximate surface area is 230 Å². The molecule has 38 heavy (non-hydrogen) atoms. The van der Waals surface area contributed by atoms with E-state index in [1.165, 1.54) is 15.9 Å². The van der Waals surface area contributed by atoms with Crippen LogP contribution in [0.15, 0.2) is 72.3 Å². The lowest BCUT2D eigenvalue weighted by molar-refractivity contribution is -0.0757. The molecule has 1 fully saturated rings. The van der Waals surface area contributed by atoms with Crippen molar-refractivity contribution in [3.63, 3.8) is 0 Å². The van der Waals surface area contributed by atoms with Crippen molar-refractivity contribution in [2.75, 3.05) is 33.7 Å². The summed E-state index contributed by atoms with van der Waals surface area (Å²) in [5.74, 6) is 0.411. The summed E-state index contributed by atoms with van der Waals surface area (Å²) in [6.45, 7) is 13.9. The van der Waals surface area contributed by atoms with Gasteiger partial charge in [0, 0.05) is 7.11 Å². The van der Waals surface area contributed by atoms with Crippen molar-refractivity contribution in [3.8, 4) is 0 Å². The number of hydrogen-bond acceptors (Lipinski definition) is 5. The second-order valence-electron chi connectivity index (χ2n) is 12.0. The lowest BCUT2D eigenvalue weighted by Gasteiger charge is -2.47. The zero-order chi connectivity index (χ0) is 27.2. The van der Waals surface area contributed by atoms with Gasteiger partial charge in [-0.1, -0.05) is 101 Å². The first-order valence-electron chi connectivity index (χ1n) is 14.0. The molecule has 0 bridgehead atoms. The lowest BCUT2D eigenvalue weighted by atomic mass is 9.64. The molecule has 0 spiro atoms. The Balaban J connectivity index is 1.71. The Kier molecular flexibility index (Phi) is 9.66. The van der Waals surface area contributed by atoms with Crippen LogP contribution in [0.4, 0.5) is 0 Å². The van der Waals surface area contributed by atoms with Gasteiger partial charge in [-0.25, -0.2) is 0 Å². The van der Waals surface area contributed by atoms with Crippen LogP contribution in [0.25, 0.3) is 0 Å². The molecule has 0 N–H and O–H groups in total. The highest BCUT2D eigenvalue weighted by atomic mass is 28.4. The van der Waals surface area contributed by atoms with Gasteiger partial charge in [-0.2, -0.15) is 0 Å². The molecule has 1 saturated heterocycles. The number of methoxy groups -OCH3 is 1. The van der Waals surface area contributed by atoms with E-state index in [-0.39, 0.29) is 29.6 Å². The van der Waals surface area contributed by atoms with Gasteiger partial charge in [-0.3, -0.25) is 0 Å². The standard InChI is InChI=1S/C32H46O5Si/c1-25-21-27(36-24-33-6)22-26(32(25,5)18-17-30-34-19-20-35-30)23-37-38(31(2,3)4,28-13-9-7-10-14-28)29-15-11-8-12-16-29/h7-16,22,25,27,30H,17-21,23-24H2,1-6H3/t25-,27+,32-/m1/s1. The van der Waals surface area contributed by atoms with Crippen molar-refractivity contribution in [1.29, 1.82) is 0 Å². The zero-order valence-corrected chi connectivity index (χ0v) is 25.1. The van der Waals surface area contributed by atoms with Gasteiger partial charge in [-0.05, 0) is 51.6 Å². The van der Waals surface area contributed by atoms with E-state index in [2.05, 4.69) is 101 Å². The SMILES string of the molecule is COCO[C@@H]1C=C(CO[Si](c2ccccc2)(c2ccccc2)C(C)(C)C)[C@](C)(CCC2OCCO2)[C@H](C)C1. The molecule has 4 rings (SSSR count). The maximum Gasteiger partial charge on any atom is 0.261 e. The molecule has 2 aromatic rings. The summed E-state index contributed by atoms with van der Waals surface area (Å²) in [4.78, 5) is 0. The van der Waals surface area contributed by atoms with Gasteiger partial charge < -0.3 is 23.4 Å². The first kappa shape index (κ1) is 29.2. The molecule has 2 aromatic carbocycles. The van der Waals surface area contributed by atoms with Crippen molar-refractivity contribution in [3.05, 3.63) is 72.3 Å². The summed E-state index contributed by atoms with van der Waals surface area (Å²) in [7, 11) is -0.994. The Bertz CT molecular complexity index is 989. The summed E-state index contributed by atoms with van der Waals surface area (Å²) in [5, 5.41) is 2.51. The highest BCUT2D eigenvalue weighted by Gasteiger charge is 2.51. The van der Waals surface area contributed by atoms with Gasteiger partial charge in [0.2, 0.25) is 0 Å². The minimum absolute atomic E-state index is 0.00904. The summed E-state index contributed by atoms with van der Waals surface area (Å²) >= 11 is 0. The van der Waals surface area contributed by atoms with Crippen LogP contribution in [0.3, 0.4) is 0 Å². The molecule has 5 nitrogen and oxygen atoms in total. The van der Waals surface area contributed by atoms with Crippen LogP contribution in [0, 0.1) is 11.3 Å². The monoisotopic (exact) mass is 538 g/mol. The molecule has 3 atom stereocenters. The van der Waals surface area contributed by atoms with Crippen molar-refractivity contribution < 1.29 is 23.4 Å². The molecule has 208 valence electrons. The number of hydrogen-bond donors (Lipinski definition) is 0. The Morgan fingerprint density at radius 2 is 1.53 bits per heavy atom. The molecule has 0 amide bonds. The third-order valence-electron chi connectivity index (χ3n) is 8.65. The highest BCUT2D eigenvalue weighted by molar-refractivity contribution is 6.99. The molecule has 0 radical (unpaired) electrons. The average Bonchev–Trinajstić information content (AvgIpc) is 3.43. The van der Waals surface area contributed by atoms with Crippen molar-refractivity contribution in [1.82, 2.24) is 0 Å². The summed E-state index contributed by atoms with van der Waals surface area (Å²) in [6, 6.07) is 21.7. The Morgan fingerprint density at radius 3 is 2.05 bits per heavy atom. The minimum atomic E-state index is -2.67. The maximum absolute atomic E-state index is 7.40. The fourth-order valence-electron chi connectivity index (χ4n) is 6.24. The summed E-state index contributed by atoms with van der Waals surface area (Å²) in [6.07, 6.45) is 5.02. The van der Waals surface area contributed by atoms with E-state index >= 15 is 0 Å². The number of ether oxygens (including phenoxy) is 4. The van der Waals surface area contributed by atoms with E-state index in [9.17, 15) is 0 Å². The predicted molar refractivity (Wildman–Crippen MR) is 155 cm³/mol. The average molecular weight is 539 g/mol. The second kappa shape index (κ2) is 12.6. The summed E-state index contributed by atoms with van der Waals surface area (Å²) in [5.41, 5.74) is 1.26. The molecule has 1 aliphatic heterocycles. The van der Waals surface area contributed by atoms with Crippen LogP contribution in [-0.2, 0) is 23.4 Å². The Hall–Kier alpha value is -1.80. The molecular weight excluding hydrogens is 492 g/mol. The van der Waals surface area contributed by atoms with E-state index in [0.717, 1.165) is 19.3 Å². The molecule has 6 heteroatoms. The van der Waals surface area contributed by atoms with Gasteiger partial charge in [0.15, 0.2) is 6.29 Å². The van der Waals surface area contributed by atoms with E-state index in [1.54, 1.807) is 7.11 Å². The van der Waals surface area contributed by atoms with Crippen LogP contribution < -0.4 is 10.4 Å². The largest absolute Gasteiger partial charge is 0.403 e. The normalized spacial score (nSPS) is 24.9. The fourth-order valence-corrected chi connectivity index (χ4v) is 10.8. The van der Waals surface area contributed by atoms with E-state index in [0.29, 0.717) is 25.7 Å². The number of rotatable bonds is 11. The number of benzene rings is 2. The topological polar surface area (TPSA) is 46.2 Å². The van der Waals surface area contributed by atoms with Crippen LogP contribution in [0.2, 0.25) is 5.04 Å². The molecule has 0 aromatic heterocycles. The quantitative estimate of drug-likeness (QED) is 0.209. The van der Waals surface area contributed by atoms with E-state index in [1.807, 2.05) is 0 Å². The molecular formula is C32H46O5Si. The minimum Gasteiger partial charge on any atom is -0.403 e. The fraction of sp³-hybridized carbons (Fsp3) is 0.562. The summed E-state index contributed by atoms with van der Waals surface area (Å²) < 4.78 is 30.3. The van der Waals surface area contributed by atoms with Gasteiger partial charge in [0.05, 0.1) is 25.9 Å². The van der Waals surface area contributed by atoms with Crippen LogP contribution in [-0.4, -0.2) is 54.4 Å². The molecule has 0 saturated carbocycles. The first-order valence-corrected chi connectivity index (χ1v) is 15.9. The molecule has 0 unspecified atom stereocenters. The molecule has 2 aliphatic rings. The van der Waals surface area contributed by atoms with Crippen molar-refractivity contribution in [2.24, 2.45) is 11.3 Å².